The van der Waals surface area contributed by atoms with Crippen molar-refractivity contribution in [2.24, 2.45) is 0 Å². The lowest BCUT2D eigenvalue weighted by atomic mass is 9.91. The second-order valence-corrected chi connectivity index (χ2v) is 10.9. The third kappa shape index (κ3) is 4.57. The van der Waals surface area contributed by atoms with E-state index in [-0.39, 0.29) is 11.0 Å². The van der Waals surface area contributed by atoms with Crippen LogP contribution in [0.5, 0.6) is 5.75 Å². The minimum atomic E-state index is -0.264. The second-order valence-electron chi connectivity index (χ2n) is 9.83. The van der Waals surface area contributed by atoms with Crippen LogP contribution in [0.1, 0.15) is 56.3 Å². The first-order valence-electron chi connectivity index (χ1n) is 12.0. The van der Waals surface area contributed by atoms with E-state index in [1.807, 2.05) is 32.0 Å². The smallest absolute Gasteiger partial charge is 0.278 e. The number of rotatable bonds is 6. The SMILES string of the molecule is CCN(CC)c1ccc(/C=c2/c(C(C)(C)C)nn3c(=O)c(C)c(-c4cc(C)ccc4OC)nc23)s1. The Morgan fingerprint density at radius 2 is 1.83 bits per heavy atom. The Morgan fingerprint density at radius 3 is 2.46 bits per heavy atom. The molecule has 4 aromatic rings. The van der Waals surface area contributed by atoms with E-state index in [1.165, 1.54) is 9.52 Å². The minimum absolute atomic E-state index is 0.159. The number of ether oxygens (including phenoxy) is 1. The summed E-state index contributed by atoms with van der Waals surface area (Å²) < 4.78 is 7.08. The highest BCUT2D eigenvalue weighted by Crippen LogP contribution is 2.31. The van der Waals surface area contributed by atoms with Gasteiger partial charge in [0, 0.05) is 39.7 Å². The van der Waals surface area contributed by atoms with Crippen molar-refractivity contribution >= 4 is 28.1 Å². The number of thiophene rings is 1. The van der Waals surface area contributed by atoms with Gasteiger partial charge in [0.2, 0.25) is 0 Å². The summed E-state index contributed by atoms with van der Waals surface area (Å²) in [6.07, 6.45) is 2.12. The van der Waals surface area contributed by atoms with Crippen LogP contribution in [-0.4, -0.2) is 34.8 Å². The van der Waals surface area contributed by atoms with E-state index in [9.17, 15) is 4.79 Å². The number of benzene rings is 1. The molecule has 0 bridgehead atoms. The molecule has 35 heavy (non-hydrogen) atoms. The first kappa shape index (κ1) is 24.9. The number of fused-ring (bicyclic) bond motifs is 1. The third-order valence-corrected chi connectivity index (χ3v) is 7.37. The summed E-state index contributed by atoms with van der Waals surface area (Å²) in [6.45, 7) is 16.4. The summed E-state index contributed by atoms with van der Waals surface area (Å²) in [5.74, 6) is 0.693. The first-order valence-corrected chi connectivity index (χ1v) is 12.9. The molecule has 0 saturated heterocycles. The predicted molar refractivity (Wildman–Crippen MR) is 146 cm³/mol. The lowest BCUT2D eigenvalue weighted by molar-refractivity contribution is 0.416. The topological polar surface area (TPSA) is 59.7 Å². The molecule has 4 rings (SSSR count). The van der Waals surface area contributed by atoms with Crippen LogP contribution in [0.15, 0.2) is 35.1 Å². The zero-order valence-corrected chi connectivity index (χ0v) is 22.7. The van der Waals surface area contributed by atoms with Crippen molar-refractivity contribution in [3.05, 3.63) is 67.6 Å². The summed E-state index contributed by atoms with van der Waals surface area (Å²) in [5.41, 5.74) is 4.08. The van der Waals surface area contributed by atoms with Crippen LogP contribution < -0.4 is 20.4 Å². The highest BCUT2D eigenvalue weighted by atomic mass is 32.1. The Morgan fingerprint density at radius 1 is 1.11 bits per heavy atom. The molecule has 1 aromatic carbocycles. The van der Waals surface area contributed by atoms with Crippen molar-refractivity contribution in [1.82, 2.24) is 14.6 Å². The van der Waals surface area contributed by atoms with Crippen molar-refractivity contribution in [1.29, 1.82) is 0 Å². The molecule has 0 N–H and O–H groups in total. The van der Waals surface area contributed by atoms with Gasteiger partial charge in [-0.3, -0.25) is 4.79 Å². The van der Waals surface area contributed by atoms with Crippen molar-refractivity contribution in [3.8, 4) is 17.0 Å². The molecule has 7 heteroatoms. The van der Waals surface area contributed by atoms with Gasteiger partial charge in [-0.25, -0.2) is 4.98 Å². The number of aryl methyl sites for hydroxylation is 1. The average molecular weight is 491 g/mol. The number of hydrogen-bond donors (Lipinski definition) is 0. The van der Waals surface area contributed by atoms with Gasteiger partial charge in [-0.05, 0) is 58.0 Å². The van der Waals surface area contributed by atoms with E-state index in [4.69, 9.17) is 14.8 Å². The van der Waals surface area contributed by atoms with Gasteiger partial charge in [0.05, 0.1) is 23.5 Å². The number of anilines is 1. The fourth-order valence-corrected chi connectivity index (χ4v) is 5.42. The number of methoxy groups -OCH3 is 1. The molecule has 0 amide bonds. The molecule has 6 nitrogen and oxygen atoms in total. The summed E-state index contributed by atoms with van der Waals surface area (Å²) in [6, 6.07) is 10.2. The van der Waals surface area contributed by atoms with Gasteiger partial charge in [-0.15, -0.1) is 11.3 Å². The largest absolute Gasteiger partial charge is 0.496 e. The quantitative estimate of drug-likeness (QED) is 0.375. The van der Waals surface area contributed by atoms with Crippen molar-refractivity contribution < 1.29 is 4.74 Å². The van der Waals surface area contributed by atoms with E-state index in [2.05, 4.69) is 57.7 Å². The normalized spacial score (nSPS) is 12.5. The fourth-order valence-electron chi connectivity index (χ4n) is 4.34. The van der Waals surface area contributed by atoms with Crippen LogP contribution in [0.3, 0.4) is 0 Å². The van der Waals surface area contributed by atoms with E-state index in [1.54, 1.807) is 18.4 Å². The lowest BCUT2D eigenvalue weighted by Crippen LogP contribution is -2.22. The van der Waals surface area contributed by atoms with Gasteiger partial charge in [0.15, 0.2) is 5.65 Å². The van der Waals surface area contributed by atoms with Crippen LogP contribution in [-0.2, 0) is 5.41 Å². The second kappa shape index (κ2) is 9.46. The molecule has 0 fully saturated rings. The maximum Gasteiger partial charge on any atom is 0.278 e. The van der Waals surface area contributed by atoms with Crippen molar-refractivity contribution in [3.63, 3.8) is 0 Å². The molecule has 0 aliphatic carbocycles. The van der Waals surface area contributed by atoms with Gasteiger partial charge in [0.25, 0.3) is 5.56 Å². The van der Waals surface area contributed by atoms with E-state index >= 15 is 0 Å². The van der Waals surface area contributed by atoms with Gasteiger partial charge < -0.3 is 9.64 Å². The minimum Gasteiger partial charge on any atom is -0.496 e. The highest BCUT2D eigenvalue weighted by Gasteiger charge is 2.25. The Bertz CT molecular complexity index is 1490. The fraction of sp³-hybridized carbons (Fsp3) is 0.393. The molecular formula is C28H34N4O2S. The maximum atomic E-state index is 13.5. The molecular weight excluding hydrogens is 456 g/mol. The monoisotopic (exact) mass is 490 g/mol. The number of hydrogen-bond acceptors (Lipinski definition) is 6. The zero-order valence-electron chi connectivity index (χ0n) is 21.9. The van der Waals surface area contributed by atoms with Gasteiger partial charge in [-0.1, -0.05) is 32.4 Å². The molecule has 0 unspecified atom stereocenters. The van der Waals surface area contributed by atoms with E-state index < -0.39 is 0 Å². The molecule has 3 aromatic heterocycles. The van der Waals surface area contributed by atoms with Crippen LogP contribution in [0.4, 0.5) is 5.00 Å². The van der Waals surface area contributed by atoms with E-state index in [0.29, 0.717) is 22.7 Å². The van der Waals surface area contributed by atoms with Crippen LogP contribution in [0.25, 0.3) is 23.0 Å². The highest BCUT2D eigenvalue weighted by molar-refractivity contribution is 7.16. The van der Waals surface area contributed by atoms with Gasteiger partial charge in [-0.2, -0.15) is 9.61 Å². The Kier molecular flexibility index (Phi) is 6.73. The first-order chi connectivity index (χ1) is 16.6. The molecule has 3 heterocycles. The van der Waals surface area contributed by atoms with Crippen molar-refractivity contribution in [2.75, 3.05) is 25.1 Å². The molecule has 0 aliphatic heterocycles. The lowest BCUT2D eigenvalue weighted by Gasteiger charge is -2.17. The standard InChI is InChI=1S/C28H34N4O2S/c1-9-31(10-2)23-14-12-19(35-23)16-21-25(28(5,6)7)30-32-26(21)29-24(18(4)27(32)33)20-15-17(3)11-13-22(20)34-8/h11-16H,9-10H2,1-8H3/b21-16-. The van der Waals surface area contributed by atoms with Crippen LogP contribution >= 0.6 is 11.3 Å². The predicted octanol–water partition coefficient (Wildman–Crippen LogP) is 5.13. The molecule has 0 aliphatic rings. The Hall–Kier alpha value is -3.19. The molecule has 0 radical (unpaired) electrons. The molecule has 0 atom stereocenters. The Balaban J connectivity index is 2.05. The summed E-state index contributed by atoms with van der Waals surface area (Å²) in [7, 11) is 1.64. The molecule has 0 saturated carbocycles. The van der Waals surface area contributed by atoms with Crippen LogP contribution in [0, 0.1) is 13.8 Å². The van der Waals surface area contributed by atoms with Gasteiger partial charge >= 0.3 is 0 Å². The van der Waals surface area contributed by atoms with Crippen LogP contribution in [0.2, 0.25) is 0 Å². The number of aromatic nitrogens is 3. The third-order valence-electron chi connectivity index (χ3n) is 6.28. The summed E-state index contributed by atoms with van der Waals surface area (Å²) >= 11 is 1.74. The zero-order chi connectivity index (χ0) is 25.5. The average Bonchev–Trinajstić information content (AvgIpc) is 3.42. The Labute approximate surface area is 210 Å². The molecule has 184 valence electrons. The van der Waals surface area contributed by atoms with Gasteiger partial charge in [0.1, 0.15) is 5.75 Å². The summed E-state index contributed by atoms with van der Waals surface area (Å²) in [4.78, 5) is 22.0. The summed E-state index contributed by atoms with van der Waals surface area (Å²) in [5, 5.41) is 6.90. The molecule has 0 spiro atoms. The van der Waals surface area contributed by atoms with E-state index in [0.717, 1.165) is 40.0 Å². The number of nitrogens with zero attached hydrogens (tertiary/aromatic N) is 4. The maximum absolute atomic E-state index is 13.5. The van der Waals surface area contributed by atoms with Crippen molar-refractivity contribution in [2.45, 2.75) is 53.9 Å².